The van der Waals surface area contributed by atoms with Crippen molar-refractivity contribution in [3.63, 3.8) is 0 Å². The van der Waals surface area contributed by atoms with Crippen LogP contribution in [0.15, 0.2) is 15.9 Å². The number of hydrogen-bond acceptors (Lipinski definition) is 3. The topological polar surface area (TPSA) is 29.1 Å². The van der Waals surface area contributed by atoms with Crippen LogP contribution in [-0.4, -0.2) is 23.5 Å². The third kappa shape index (κ3) is 3.02. The van der Waals surface area contributed by atoms with Crippen molar-refractivity contribution in [1.82, 2.24) is 5.32 Å². The summed E-state index contributed by atoms with van der Waals surface area (Å²) in [6.07, 6.45) is 5.59. The summed E-state index contributed by atoms with van der Waals surface area (Å²) < 4.78 is 1.01. The van der Waals surface area contributed by atoms with E-state index in [9.17, 15) is 4.79 Å². The average Bonchev–Trinajstić information content (AvgIpc) is 2.87. The van der Waals surface area contributed by atoms with E-state index in [4.69, 9.17) is 0 Å². The Morgan fingerprint density at radius 2 is 2.38 bits per heavy atom. The van der Waals surface area contributed by atoms with E-state index < -0.39 is 0 Å². The van der Waals surface area contributed by atoms with Gasteiger partial charge in [0.25, 0.3) is 5.91 Å². The van der Waals surface area contributed by atoms with E-state index in [1.165, 1.54) is 17.8 Å². The van der Waals surface area contributed by atoms with Crippen molar-refractivity contribution in [1.29, 1.82) is 0 Å². The second-order valence-electron chi connectivity index (χ2n) is 3.94. The molecule has 1 aromatic heterocycles. The van der Waals surface area contributed by atoms with Crippen molar-refractivity contribution in [3.8, 4) is 0 Å². The van der Waals surface area contributed by atoms with Crippen LogP contribution in [0.4, 0.5) is 0 Å². The Labute approximate surface area is 112 Å². The predicted molar refractivity (Wildman–Crippen MR) is 74.4 cm³/mol. The van der Waals surface area contributed by atoms with E-state index in [2.05, 4.69) is 27.5 Å². The summed E-state index contributed by atoms with van der Waals surface area (Å²) in [6.45, 7) is 0. The van der Waals surface area contributed by atoms with Crippen LogP contribution in [0.3, 0.4) is 0 Å². The zero-order valence-corrected chi connectivity index (χ0v) is 12.3. The first-order valence-corrected chi connectivity index (χ1v) is 8.18. The third-order valence-corrected chi connectivity index (χ3v) is 5.57. The van der Waals surface area contributed by atoms with E-state index in [1.54, 1.807) is 0 Å². The van der Waals surface area contributed by atoms with Gasteiger partial charge in [-0.3, -0.25) is 4.79 Å². The maximum Gasteiger partial charge on any atom is 0.261 e. The Morgan fingerprint density at radius 1 is 1.56 bits per heavy atom. The number of thioether (sulfide) groups is 1. The summed E-state index contributed by atoms with van der Waals surface area (Å²) in [5, 5.41) is 3.83. The molecule has 1 fully saturated rings. The first-order valence-electron chi connectivity index (χ1n) is 5.28. The highest BCUT2D eigenvalue weighted by molar-refractivity contribution is 9.11. The van der Waals surface area contributed by atoms with Crippen molar-refractivity contribution in [3.05, 3.63) is 20.8 Å². The highest BCUT2D eigenvalue weighted by Gasteiger charge is 2.25. The molecular formula is C11H14BrNOS2. The monoisotopic (exact) mass is 319 g/mol. The van der Waals surface area contributed by atoms with Crippen LogP contribution >= 0.6 is 39.0 Å². The summed E-state index contributed by atoms with van der Waals surface area (Å²) >= 11 is 6.76. The SMILES string of the molecule is CSC1CCC(NC(=O)c2ccc(Br)s2)C1. The zero-order chi connectivity index (χ0) is 11.5. The zero-order valence-electron chi connectivity index (χ0n) is 9.03. The van der Waals surface area contributed by atoms with Crippen molar-refractivity contribution >= 4 is 44.9 Å². The molecule has 2 nitrogen and oxygen atoms in total. The van der Waals surface area contributed by atoms with Crippen LogP contribution in [0, 0.1) is 0 Å². The molecule has 1 amide bonds. The van der Waals surface area contributed by atoms with Gasteiger partial charge in [0.15, 0.2) is 0 Å². The first-order chi connectivity index (χ1) is 7.69. The van der Waals surface area contributed by atoms with Gasteiger partial charge in [-0.05, 0) is 53.6 Å². The molecule has 1 saturated carbocycles. The minimum Gasteiger partial charge on any atom is -0.349 e. The molecule has 0 radical (unpaired) electrons. The molecule has 0 bridgehead atoms. The Balaban J connectivity index is 1.89. The van der Waals surface area contributed by atoms with Gasteiger partial charge in [0.05, 0.1) is 8.66 Å². The number of thiophene rings is 1. The molecule has 0 spiro atoms. The van der Waals surface area contributed by atoms with Crippen LogP contribution < -0.4 is 5.32 Å². The van der Waals surface area contributed by atoms with Gasteiger partial charge in [0.2, 0.25) is 0 Å². The number of halogens is 1. The smallest absolute Gasteiger partial charge is 0.261 e. The van der Waals surface area contributed by atoms with Crippen LogP contribution in [0.2, 0.25) is 0 Å². The average molecular weight is 320 g/mol. The van der Waals surface area contributed by atoms with E-state index in [-0.39, 0.29) is 5.91 Å². The minimum absolute atomic E-state index is 0.0717. The predicted octanol–water partition coefficient (Wildman–Crippen LogP) is 3.52. The maximum absolute atomic E-state index is 11.9. The van der Waals surface area contributed by atoms with E-state index in [0.717, 1.165) is 26.8 Å². The fourth-order valence-electron chi connectivity index (χ4n) is 1.98. The van der Waals surface area contributed by atoms with Crippen molar-refractivity contribution in [2.24, 2.45) is 0 Å². The molecule has 2 rings (SSSR count). The van der Waals surface area contributed by atoms with Crippen LogP contribution in [0.5, 0.6) is 0 Å². The molecule has 0 saturated heterocycles. The summed E-state index contributed by atoms with van der Waals surface area (Å²) in [7, 11) is 0. The lowest BCUT2D eigenvalue weighted by molar-refractivity contribution is 0.0942. The Kier molecular flexibility index (Phi) is 4.33. The van der Waals surface area contributed by atoms with Gasteiger partial charge in [-0.1, -0.05) is 0 Å². The number of nitrogens with one attached hydrogen (secondary N) is 1. The number of carbonyl (C=O) groups excluding carboxylic acids is 1. The standard InChI is InChI=1S/C11H14BrNOS2/c1-15-8-3-2-7(6-8)13-11(14)9-4-5-10(12)16-9/h4-5,7-8H,2-3,6H2,1H3,(H,13,14). The Hall–Kier alpha value is -0.0000000000000000833. The number of amides is 1. The largest absolute Gasteiger partial charge is 0.349 e. The molecule has 5 heteroatoms. The molecule has 2 atom stereocenters. The molecule has 1 aliphatic carbocycles. The van der Waals surface area contributed by atoms with Gasteiger partial charge in [0, 0.05) is 11.3 Å². The molecule has 1 N–H and O–H groups in total. The molecule has 0 aliphatic heterocycles. The highest BCUT2D eigenvalue weighted by atomic mass is 79.9. The normalized spacial score (nSPS) is 24.6. The molecule has 1 aliphatic rings. The summed E-state index contributed by atoms with van der Waals surface area (Å²) in [4.78, 5) is 12.7. The van der Waals surface area contributed by atoms with Crippen LogP contribution in [-0.2, 0) is 0 Å². The molecule has 16 heavy (non-hydrogen) atoms. The quantitative estimate of drug-likeness (QED) is 0.923. The van der Waals surface area contributed by atoms with Gasteiger partial charge in [-0.25, -0.2) is 0 Å². The van der Waals surface area contributed by atoms with Gasteiger partial charge in [-0.15, -0.1) is 11.3 Å². The van der Waals surface area contributed by atoms with E-state index >= 15 is 0 Å². The highest BCUT2D eigenvalue weighted by Crippen LogP contribution is 2.29. The second kappa shape index (κ2) is 5.56. The Bertz CT molecular complexity index is 380. The Morgan fingerprint density at radius 3 is 2.94 bits per heavy atom. The number of hydrogen-bond donors (Lipinski definition) is 1. The molecule has 1 heterocycles. The lowest BCUT2D eigenvalue weighted by Gasteiger charge is -2.11. The first kappa shape index (κ1) is 12.5. The van der Waals surface area contributed by atoms with Crippen LogP contribution in [0.25, 0.3) is 0 Å². The van der Waals surface area contributed by atoms with Gasteiger partial charge < -0.3 is 5.32 Å². The maximum atomic E-state index is 11.9. The molecule has 1 aromatic rings. The number of carbonyl (C=O) groups is 1. The lowest BCUT2D eigenvalue weighted by Crippen LogP contribution is -2.32. The third-order valence-electron chi connectivity index (χ3n) is 2.85. The van der Waals surface area contributed by atoms with Gasteiger partial charge >= 0.3 is 0 Å². The minimum atomic E-state index is 0.0717. The summed E-state index contributed by atoms with van der Waals surface area (Å²) in [5.41, 5.74) is 0. The second-order valence-corrected chi connectivity index (χ2v) is 7.55. The van der Waals surface area contributed by atoms with Gasteiger partial charge in [-0.2, -0.15) is 11.8 Å². The lowest BCUT2D eigenvalue weighted by atomic mass is 10.2. The van der Waals surface area contributed by atoms with Crippen LogP contribution in [0.1, 0.15) is 28.9 Å². The van der Waals surface area contributed by atoms with Gasteiger partial charge in [0.1, 0.15) is 0 Å². The van der Waals surface area contributed by atoms with E-state index in [1.807, 2.05) is 23.9 Å². The fourth-order valence-corrected chi connectivity index (χ4v) is 4.06. The van der Waals surface area contributed by atoms with Crippen molar-refractivity contribution in [2.75, 3.05) is 6.26 Å². The van der Waals surface area contributed by atoms with Crippen molar-refractivity contribution in [2.45, 2.75) is 30.6 Å². The van der Waals surface area contributed by atoms with Crippen molar-refractivity contribution < 1.29 is 4.79 Å². The molecule has 88 valence electrons. The number of rotatable bonds is 3. The summed E-state index contributed by atoms with van der Waals surface area (Å²) in [6, 6.07) is 4.15. The van der Waals surface area contributed by atoms with E-state index in [0.29, 0.717) is 6.04 Å². The summed E-state index contributed by atoms with van der Waals surface area (Å²) in [5.74, 6) is 0.0717. The molecular weight excluding hydrogens is 306 g/mol. The molecule has 0 aromatic carbocycles. The molecule has 2 unspecified atom stereocenters. The fraction of sp³-hybridized carbons (Fsp3) is 0.545.